The molecule has 0 spiro atoms. The molecule has 0 aliphatic carbocycles. The lowest BCUT2D eigenvalue weighted by Gasteiger charge is -2.37. The minimum absolute atomic E-state index is 0.143. The number of alkyl halides is 3. The van der Waals surface area contributed by atoms with Gasteiger partial charge in [-0.3, -0.25) is 9.89 Å². The Kier molecular flexibility index (Phi) is 4.41. The number of anilines is 1. The maximum atomic E-state index is 13.6. The van der Waals surface area contributed by atoms with Crippen molar-refractivity contribution in [2.45, 2.75) is 24.6 Å². The summed E-state index contributed by atoms with van der Waals surface area (Å²) in [6.07, 6.45) is -2.51. The number of hydrogen-bond acceptors (Lipinski definition) is 6. The van der Waals surface area contributed by atoms with Gasteiger partial charge in [0, 0.05) is 24.7 Å². The van der Waals surface area contributed by atoms with E-state index in [0.29, 0.717) is 29.9 Å². The van der Waals surface area contributed by atoms with Gasteiger partial charge >= 0.3 is 6.18 Å². The van der Waals surface area contributed by atoms with E-state index in [2.05, 4.69) is 20.2 Å². The highest BCUT2D eigenvalue weighted by Gasteiger charge is 2.38. The van der Waals surface area contributed by atoms with Gasteiger partial charge in [0.05, 0.1) is 16.8 Å². The zero-order valence-electron chi connectivity index (χ0n) is 15.2. The Morgan fingerprint density at radius 2 is 1.93 bits per heavy atom. The Bertz CT molecular complexity index is 1070. The molecule has 1 saturated heterocycles. The Hall–Kier alpha value is -3.21. The van der Waals surface area contributed by atoms with Crippen LogP contribution in [0.3, 0.4) is 0 Å². The van der Waals surface area contributed by atoms with Gasteiger partial charge in [-0.25, -0.2) is 9.97 Å². The number of nitrogens with two attached hydrogens (primary N) is 2. The normalized spacial score (nSPS) is 16.9. The molecule has 0 unspecified atom stereocenters. The topological polar surface area (TPSA) is 127 Å². The highest BCUT2D eigenvalue weighted by Crippen LogP contribution is 2.38. The van der Waals surface area contributed by atoms with Crippen LogP contribution in [0.15, 0.2) is 30.5 Å². The lowest BCUT2D eigenvalue weighted by Crippen LogP contribution is -2.58. The maximum absolute atomic E-state index is 13.6. The number of amides is 1. The molecule has 1 amide bonds. The van der Waals surface area contributed by atoms with Crippen molar-refractivity contribution in [3.63, 3.8) is 0 Å². The third-order valence-electron chi connectivity index (χ3n) is 5.22. The molecule has 0 aromatic carbocycles. The molecule has 1 aliphatic heterocycles. The Labute approximate surface area is 163 Å². The first kappa shape index (κ1) is 19.1. The lowest BCUT2D eigenvalue weighted by molar-refractivity contribution is -0.137. The summed E-state index contributed by atoms with van der Waals surface area (Å²) in [6, 6.07) is 5.57. The second kappa shape index (κ2) is 6.69. The second-order valence-corrected chi connectivity index (χ2v) is 7.04. The molecule has 0 saturated carbocycles. The van der Waals surface area contributed by atoms with Gasteiger partial charge in [0.2, 0.25) is 5.91 Å². The standard InChI is InChI=1S/C18H18F3N7O/c19-18(20,21)11-3-4-12(28-8-5-17(23,6-9-28)16(22)29)25-14(11)13-10-2-1-7-24-15(10)27-26-13/h1-4,7H,5-6,8-9,23H2,(H2,22,29)(H,24,26,27). The summed E-state index contributed by atoms with van der Waals surface area (Å²) >= 11 is 0. The van der Waals surface area contributed by atoms with Gasteiger partial charge < -0.3 is 16.4 Å². The maximum Gasteiger partial charge on any atom is 0.418 e. The van der Waals surface area contributed by atoms with Crippen molar-refractivity contribution >= 4 is 22.8 Å². The Morgan fingerprint density at radius 3 is 2.59 bits per heavy atom. The lowest BCUT2D eigenvalue weighted by atomic mass is 9.88. The molecule has 3 aromatic heterocycles. The predicted molar refractivity (Wildman–Crippen MR) is 99.7 cm³/mol. The van der Waals surface area contributed by atoms with Gasteiger partial charge in [0.25, 0.3) is 0 Å². The number of fused-ring (bicyclic) bond motifs is 1. The molecule has 1 fully saturated rings. The van der Waals surface area contributed by atoms with Gasteiger partial charge in [0.15, 0.2) is 5.65 Å². The summed E-state index contributed by atoms with van der Waals surface area (Å²) in [5.41, 5.74) is 9.55. The van der Waals surface area contributed by atoms with E-state index in [1.807, 2.05) is 0 Å². The van der Waals surface area contributed by atoms with Crippen molar-refractivity contribution in [3.05, 3.63) is 36.0 Å². The molecule has 3 aromatic rings. The van der Waals surface area contributed by atoms with Crippen molar-refractivity contribution in [1.29, 1.82) is 0 Å². The van der Waals surface area contributed by atoms with Crippen LogP contribution in [0.5, 0.6) is 0 Å². The van der Waals surface area contributed by atoms with Crippen LogP contribution in [0.25, 0.3) is 22.4 Å². The van der Waals surface area contributed by atoms with Crippen LogP contribution in [0.1, 0.15) is 18.4 Å². The number of piperidine rings is 1. The van der Waals surface area contributed by atoms with Crippen molar-refractivity contribution in [2.24, 2.45) is 11.5 Å². The van der Waals surface area contributed by atoms with Crippen LogP contribution < -0.4 is 16.4 Å². The van der Waals surface area contributed by atoms with Crippen molar-refractivity contribution in [3.8, 4) is 11.4 Å². The number of aromatic amines is 1. The number of nitrogens with one attached hydrogen (secondary N) is 1. The molecule has 8 nitrogen and oxygen atoms in total. The third kappa shape index (κ3) is 3.37. The zero-order valence-corrected chi connectivity index (χ0v) is 15.2. The van der Waals surface area contributed by atoms with Gasteiger partial charge in [-0.15, -0.1) is 0 Å². The van der Waals surface area contributed by atoms with Gasteiger partial charge in [-0.1, -0.05) is 0 Å². The van der Waals surface area contributed by atoms with E-state index in [0.717, 1.165) is 6.07 Å². The number of halogens is 3. The van der Waals surface area contributed by atoms with E-state index in [-0.39, 0.29) is 24.2 Å². The molecule has 29 heavy (non-hydrogen) atoms. The first-order valence-corrected chi connectivity index (χ1v) is 8.90. The van der Waals surface area contributed by atoms with E-state index in [4.69, 9.17) is 11.5 Å². The largest absolute Gasteiger partial charge is 0.418 e. The van der Waals surface area contributed by atoms with Crippen LogP contribution in [-0.2, 0) is 11.0 Å². The summed E-state index contributed by atoms with van der Waals surface area (Å²) in [6.45, 7) is 0.699. The van der Waals surface area contributed by atoms with Crippen molar-refractivity contribution in [2.75, 3.05) is 18.0 Å². The van der Waals surface area contributed by atoms with Crippen LogP contribution in [0.2, 0.25) is 0 Å². The number of primary amides is 1. The molecule has 0 bridgehead atoms. The van der Waals surface area contributed by atoms with E-state index < -0.39 is 23.2 Å². The highest BCUT2D eigenvalue weighted by atomic mass is 19.4. The first-order chi connectivity index (χ1) is 13.7. The minimum Gasteiger partial charge on any atom is -0.368 e. The number of aromatic nitrogens is 4. The van der Waals surface area contributed by atoms with Crippen LogP contribution in [0.4, 0.5) is 19.0 Å². The fraction of sp³-hybridized carbons (Fsp3) is 0.333. The van der Waals surface area contributed by atoms with Gasteiger partial charge in [-0.05, 0) is 37.1 Å². The second-order valence-electron chi connectivity index (χ2n) is 7.04. The molecular formula is C18H18F3N7O. The number of H-pyrrole nitrogens is 1. The minimum atomic E-state index is -4.60. The third-order valence-corrected chi connectivity index (χ3v) is 5.22. The number of hydrogen-bond donors (Lipinski definition) is 3. The summed E-state index contributed by atoms with van der Waals surface area (Å²) in [5.74, 6) is -0.235. The van der Waals surface area contributed by atoms with Crippen LogP contribution in [0, 0.1) is 0 Å². The smallest absolute Gasteiger partial charge is 0.368 e. The SMILES string of the molecule is NC(=O)C1(N)CCN(c2ccc(C(F)(F)F)c(-c3[nH]nc4ncccc34)n2)CC1. The molecule has 4 heterocycles. The highest BCUT2D eigenvalue weighted by molar-refractivity contribution is 5.90. The predicted octanol–water partition coefficient (Wildman–Crippen LogP) is 1.82. The molecule has 11 heteroatoms. The molecule has 152 valence electrons. The number of rotatable bonds is 3. The summed E-state index contributed by atoms with van der Waals surface area (Å²) in [4.78, 5) is 21.7. The van der Waals surface area contributed by atoms with Crippen LogP contribution >= 0.6 is 0 Å². The average Bonchev–Trinajstić information content (AvgIpc) is 3.11. The molecule has 4 rings (SSSR count). The molecule has 0 atom stereocenters. The Morgan fingerprint density at radius 1 is 1.21 bits per heavy atom. The fourth-order valence-corrected chi connectivity index (χ4v) is 3.46. The number of carbonyl (C=O) groups is 1. The van der Waals surface area contributed by atoms with E-state index in [9.17, 15) is 18.0 Å². The van der Waals surface area contributed by atoms with E-state index in [1.54, 1.807) is 17.0 Å². The molecule has 5 N–H and O–H groups in total. The molecule has 1 aliphatic rings. The fourth-order valence-electron chi connectivity index (χ4n) is 3.46. The summed E-state index contributed by atoms with van der Waals surface area (Å²) in [7, 11) is 0. The van der Waals surface area contributed by atoms with Crippen molar-refractivity contribution < 1.29 is 18.0 Å². The summed E-state index contributed by atoms with van der Waals surface area (Å²) in [5, 5.41) is 7.04. The summed E-state index contributed by atoms with van der Waals surface area (Å²) < 4.78 is 40.9. The van der Waals surface area contributed by atoms with E-state index in [1.165, 1.54) is 12.3 Å². The van der Waals surface area contributed by atoms with Crippen LogP contribution in [-0.4, -0.2) is 44.7 Å². The first-order valence-electron chi connectivity index (χ1n) is 8.90. The van der Waals surface area contributed by atoms with Gasteiger partial charge in [-0.2, -0.15) is 18.3 Å². The quantitative estimate of drug-likeness (QED) is 0.610. The van der Waals surface area contributed by atoms with Gasteiger partial charge in [0.1, 0.15) is 11.5 Å². The number of pyridine rings is 2. The van der Waals surface area contributed by atoms with Crippen molar-refractivity contribution in [1.82, 2.24) is 20.2 Å². The monoisotopic (exact) mass is 405 g/mol. The number of carbonyl (C=O) groups excluding carboxylic acids is 1. The zero-order chi connectivity index (χ0) is 20.8. The molecular weight excluding hydrogens is 387 g/mol. The number of nitrogens with zero attached hydrogens (tertiary/aromatic N) is 4. The van der Waals surface area contributed by atoms with E-state index >= 15 is 0 Å². The molecule has 0 radical (unpaired) electrons. The average molecular weight is 405 g/mol. The Balaban J connectivity index is 1.76.